The number of nitriles is 1. The highest BCUT2D eigenvalue weighted by molar-refractivity contribution is 6.33. The van der Waals surface area contributed by atoms with Gasteiger partial charge in [0, 0.05) is 13.1 Å². The molecule has 0 amide bonds. The van der Waals surface area contributed by atoms with Gasteiger partial charge in [0.15, 0.2) is 5.54 Å². The van der Waals surface area contributed by atoms with Crippen LogP contribution in [0, 0.1) is 11.3 Å². The molecule has 72 valence electrons. The molecule has 4 heteroatoms. The average molecular weight is 208 g/mol. The summed E-state index contributed by atoms with van der Waals surface area (Å²) in [7, 11) is 0. The summed E-state index contributed by atoms with van der Waals surface area (Å²) in [5, 5.41) is 15.9. The molecule has 1 saturated heterocycles. The van der Waals surface area contributed by atoms with E-state index in [-0.39, 0.29) is 0 Å². The van der Waals surface area contributed by atoms with Gasteiger partial charge in [0.05, 0.1) is 16.8 Å². The molecule has 0 saturated carbocycles. The second-order valence-electron chi connectivity index (χ2n) is 3.40. The van der Waals surface area contributed by atoms with Gasteiger partial charge in [-0.25, -0.2) is 0 Å². The van der Waals surface area contributed by atoms with Gasteiger partial charge in [0.1, 0.15) is 0 Å². The van der Waals surface area contributed by atoms with Crippen LogP contribution in [-0.4, -0.2) is 18.6 Å². The number of nitrogens with zero attached hydrogens (tertiary/aromatic N) is 1. The van der Waals surface area contributed by atoms with Crippen LogP contribution in [0.15, 0.2) is 24.3 Å². The predicted octanol–water partition coefficient (Wildman–Crippen LogP) is 1.62. The molecule has 0 bridgehead atoms. The molecule has 2 rings (SSSR count). The smallest absolute Gasteiger partial charge is 0.150 e. The first-order valence-electron chi connectivity index (χ1n) is 4.40. The van der Waals surface area contributed by atoms with Crippen LogP contribution in [0.2, 0.25) is 5.02 Å². The number of hydrogen-bond donors (Lipinski definition) is 2. The minimum atomic E-state index is -0.481. The Hall–Kier alpha value is -1.24. The quantitative estimate of drug-likeness (QED) is 0.775. The fraction of sp³-hybridized carbons (Fsp3) is 0.300. The number of hydrogen-bond acceptors (Lipinski definition) is 3. The minimum absolute atomic E-state index is 0.481. The Labute approximate surface area is 87.7 Å². The van der Waals surface area contributed by atoms with E-state index < -0.39 is 5.54 Å². The highest BCUT2D eigenvalue weighted by Crippen LogP contribution is 2.25. The van der Waals surface area contributed by atoms with E-state index >= 15 is 0 Å². The lowest BCUT2D eigenvalue weighted by atomic mass is 9.94. The zero-order valence-corrected chi connectivity index (χ0v) is 8.30. The molecule has 2 N–H and O–H groups in total. The van der Waals surface area contributed by atoms with Gasteiger partial charge >= 0.3 is 0 Å². The highest BCUT2D eigenvalue weighted by Gasteiger charge is 2.37. The van der Waals surface area contributed by atoms with Gasteiger partial charge in [0.25, 0.3) is 0 Å². The first-order valence-corrected chi connectivity index (χ1v) is 4.78. The molecule has 0 spiro atoms. The van der Waals surface area contributed by atoms with Crippen molar-refractivity contribution in [3.05, 3.63) is 29.3 Å². The van der Waals surface area contributed by atoms with E-state index in [1.807, 2.05) is 18.2 Å². The fourth-order valence-corrected chi connectivity index (χ4v) is 1.57. The van der Waals surface area contributed by atoms with Crippen LogP contribution in [0.4, 0.5) is 5.69 Å². The lowest BCUT2D eigenvalue weighted by Gasteiger charge is -2.37. The molecule has 1 aliphatic rings. The Kier molecular flexibility index (Phi) is 2.32. The van der Waals surface area contributed by atoms with Gasteiger partial charge in [-0.15, -0.1) is 0 Å². The Morgan fingerprint density at radius 2 is 2.14 bits per heavy atom. The summed E-state index contributed by atoms with van der Waals surface area (Å²) in [6, 6.07) is 9.70. The van der Waals surface area contributed by atoms with Crippen molar-refractivity contribution < 1.29 is 0 Å². The normalized spacial score (nSPS) is 18.0. The average Bonchev–Trinajstić information content (AvgIpc) is 2.14. The number of halogens is 1. The number of anilines is 1. The predicted molar refractivity (Wildman–Crippen MR) is 56.3 cm³/mol. The highest BCUT2D eigenvalue weighted by atomic mass is 35.5. The van der Waals surface area contributed by atoms with E-state index in [2.05, 4.69) is 16.7 Å². The van der Waals surface area contributed by atoms with E-state index in [1.165, 1.54) is 0 Å². The van der Waals surface area contributed by atoms with Crippen molar-refractivity contribution in [2.75, 3.05) is 18.4 Å². The maximum absolute atomic E-state index is 8.99. The van der Waals surface area contributed by atoms with Crippen LogP contribution in [-0.2, 0) is 0 Å². The number of rotatable bonds is 2. The molecule has 1 heterocycles. The fourth-order valence-electron chi connectivity index (χ4n) is 1.39. The zero-order chi connectivity index (χ0) is 10.0. The third-order valence-corrected chi connectivity index (χ3v) is 2.64. The standard InChI is InChI=1S/C10H10ClN3/c11-8-3-1-2-4-9(8)14-10(5-12)6-13-7-10/h1-4,13-14H,6-7H2. The zero-order valence-electron chi connectivity index (χ0n) is 7.55. The van der Waals surface area contributed by atoms with E-state index in [0.29, 0.717) is 18.1 Å². The van der Waals surface area contributed by atoms with Crippen molar-refractivity contribution >= 4 is 17.3 Å². The first-order chi connectivity index (χ1) is 6.76. The summed E-state index contributed by atoms with van der Waals surface area (Å²) in [5.74, 6) is 0. The van der Waals surface area contributed by atoms with Crippen LogP contribution < -0.4 is 10.6 Å². The van der Waals surface area contributed by atoms with Gasteiger partial charge < -0.3 is 10.6 Å². The largest absolute Gasteiger partial charge is 0.364 e. The second kappa shape index (κ2) is 3.49. The monoisotopic (exact) mass is 207 g/mol. The Balaban J connectivity index is 2.19. The van der Waals surface area contributed by atoms with Crippen LogP contribution in [0.5, 0.6) is 0 Å². The number of nitrogens with one attached hydrogen (secondary N) is 2. The molecule has 1 fully saturated rings. The summed E-state index contributed by atoms with van der Waals surface area (Å²) < 4.78 is 0. The van der Waals surface area contributed by atoms with Crippen LogP contribution >= 0.6 is 11.6 Å². The molecule has 1 aromatic rings. The lowest BCUT2D eigenvalue weighted by molar-refractivity contribution is 0.387. The van der Waals surface area contributed by atoms with Crippen molar-refractivity contribution in [3.63, 3.8) is 0 Å². The minimum Gasteiger partial charge on any atom is -0.364 e. The molecule has 14 heavy (non-hydrogen) atoms. The van der Waals surface area contributed by atoms with Gasteiger partial charge in [-0.3, -0.25) is 0 Å². The molecule has 3 nitrogen and oxygen atoms in total. The Bertz CT molecular complexity index is 379. The van der Waals surface area contributed by atoms with E-state index in [4.69, 9.17) is 16.9 Å². The van der Waals surface area contributed by atoms with Crippen molar-refractivity contribution in [1.29, 1.82) is 5.26 Å². The van der Waals surface area contributed by atoms with E-state index in [0.717, 1.165) is 5.69 Å². The summed E-state index contributed by atoms with van der Waals surface area (Å²) in [6.07, 6.45) is 0. The van der Waals surface area contributed by atoms with Crippen molar-refractivity contribution in [3.8, 4) is 6.07 Å². The van der Waals surface area contributed by atoms with E-state index in [9.17, 15) is 0 Å². The molecule has 0 atom stereocenters. The van der Waals surface area contributed by atoms with Gasteiger partial charge in [0.2, 0.25) is 0 Å². The van der Waals surface area contributed by atoms with Crippen LogP contribution in [0.25, 0.3) is 0 Å². The molecule has 0 unspecified atom stereocenters. The SMILES string of the molecule is N#CC1(Nc2ccccc2Cl)CNC1. The van der Waals surface area contributed by atoms with Gasteiger partial charge in [-0.2, -0.15) is 5.26 Å². The van der Waals surface area contributed by atoms with Gasteiger partial charge in [-0.1, -0.05) is 23.7 Å². The molecule has 1 aliphatic heterocycles. The third kappa shape index (κ3) is 1.54. The third-order valence-electron chi connectivity index (χ3n) is 2.32. The maximum Gasteiger partial charge on any atom is 0.150 e. The lowest BCUT2D eigenvalue weighted by Crippen LogP contribution is -2.63. The van der Waals surface area contributed by atoms with Crippen LogP contribution in [0.1, 0.15) is 0 Å². The Morgan fingerprint density at radius 3 is 2.64 bits per heavy atom. The topological polar surface area (TPSA) is 47.9 Å². The number of para-hydroxylation sites is 1. The van der Waals surface area contributed by atoms with Crippen molar-refractivity contribution in [2.24, 2.45) is 0 Å². The molecular formula is C10H10ClN3. The first kappa shape index (κ1) is 9.32. The summed E-state index contributed by atoms with van der Waals surface area (Å²) in [5.41, 5.74) is 0.336. The summed E-state index contributed by atoms with van der Waals surface area (Å²) in [6.45, 7) is 1.32. The molecule has 0 aromatic heterocycles. The summed E-state index contributed by atoms with van der Waals surface area (Å²) >= 11 is 5.98. The number of benzene rings is 1. The van der Waals surface area contributed by atoms with E-state index in [1.54, 1.807) is 6.07 Å². The van der Waals surface area contributed by atoms with Crippen molar-refractivity contribution in [2.45, 2.75) is 5.54 Å². The Morgan fingerprint density at radius 1 is 1.43 bits per heavy atom. The molecular weight excluding hydrogens is 198 g/mol. The molecule has 1 aromatic carbocycles. The maximum atomic E-state index is 8.99. The van der Waals surface area contributed by atoms with Gasteiger partial charge in [-0.05, 0) is 12.1 Å². The summed E-state index contributed by atoms with van der Waals surface area (Å²) in [4.78, 5) is 0. The molecule has 0 aliphatic carbocycles. The molecule has 0 radical (unpaired) electrons. The van der Waals surface area contributed by atoms with Crippen LogP contribution in [0.3, 0.4) is 0 Å². The second-order valence-corrected chi connectivity index (χ2v) is 3.81. The van der Waals surface area contributed by atoms with Crippen molar-refractivity contribution in [1.82, 2.24) is 5.32 Å².